The first-order valence-corrected chi connectivity index (χ1v) is 8.55. The van der Waals surface area contributed by atoms with Crippen molar-refractivity contribution in [1.29, 1.82) is 0 Å². The predicted molar refractivity (Wildman–Crippen MR) is 101 cm³/mol. The van der Waals surface area contributed by atoms with Crippen molar-refractivity contribution in [1.82, 2.24) is 4.90 Å². The molecule has 0 bridgehead atoms. The van der Waals surface area contributed by atoms with E-state index in [9.17, 15) is 4.39 Å². The third-order valence-electron chi connectivity index (χ3n) is 4.40. The summed E-state index contributed by atoms with van der Waals surface area (Å²) in [5.74, 6) is 1.28. The van der Waals surface area contributed by atoms with E-state index in [1.807, 2.05) is 30.3 Å². The third-order valence-corrected chi connectivity index (χ3v) is 4.88. The average molecular weight is 360 g/mol. The second kappa shape index (κ2) is 7.70. The molecule has 1 aliphatic heterocycles. The lowest BCUT2D eigenvalue weighted by atomic mass is 10.1. The van der Waals surface area contributed by atoms with E-state index in [1.165, 1.54) is 6.07 Å². The summed E-state index contributed by atoms with van der Waals surface area (Å²) in [6.45, 7) is 2.89. The molecule has 0 N–H and O–H groups in total. The van der Waals surface area contributed by atoms with Crippen molar-refractivity contribution in [2.24, 2.45) is 0 Å². The number of benzene rings is 2. The van der Waals surface area contributed by atoms with Gasteiger partial charge >= 0.3 is 0 Å². The Balaban J connectivity index is 1.73. The topological polar surface area (TPSA) is 24.9 Å². The summed E-state index contributed by atoms with van der Waals surface area (Å²) in [6, 6.07) is 12.5. The van der Waals surface area contributed by atoms with Gasteiger partial charge in [0.05, 0.1) is 25.5 Å². The maximum Gasteiger partial charge on any atom is 0.146 e. The number of hydrogen-bond donors (Lipinski definition) is 0. The Morgan fingerprint density at radius 3 is 2.36 bits per heavy atom. The zero-order valence-corrected chi connectivity index (χ0v) is 15.2. The van der Waals surface area contributed by atoms with Crippen LogP contribution in [0.15, 0.2) is 42.5 Å². The van der Waals surface area contributed by atoms with Crippen LogP contribution in [0.3, 0.4) is 0 Å². The van der Waals surface area contributed by atoms with Crippen LogP contribution in [0.5, 0.6) is 11.5 Å². The van der Waals surface area contributed by atoms with Crippen molar-refractivity contribution in [3.63, 3.8) is 0 Å². The summed E-state index contributed by atoms with van der Waals surface area (Å²) in [5.41, 5.74) is 1.49. The lowest BCUT2D eigenvalue weighted by Gasteiger charge is -2.37. The molecule has 0 aliphatic carbocycles. The summed E-state index contributed by atoms with van der Waals surface area (Å²) in [4.78, 5) is 4.91. The highest BCUT2D eigenvalue weighted by molar-refractivity contribution is 7.80. The Bertz CT molecular complexity index is 761. The molecule has 1 heterocycles. The van der Waals surface area contributed by atoms with E-state index in [2.05, 4.69) is 9.80 Å². The number of thiocarbonyl (C=S) groups is 1. The molecule has 1 fully saturated rings. The summed E-state index contributed by atoms with van der Waals surface area (Å²) in [5, 5.41) is 0. The van der Waals surface area contributed by atoms with Crippen LogP contribution in [0.25, 0.3) is 0 Å². The molecule has 132 valence electrons. The van der Waals surface area contributed by atoms with Gasteiger partial charge in [-0.3, -0.25) is 0 Å². The molecule has 0 saturated carbocycles. The fourth-order valence-electron chi connectivity index (χ4n) is 3.01. The molecule has 0 spiro atoms. The zero-order valence-electron chi connectivity index (χ0n) is 14.4. The van der Waals surface area contributed by atoms with Crippen molar-refractivity contribution < 1.29 is 13.9 Å². The molecule has 2 aromatic rings. The maximum atomic E-state index is 14.0. The third kappa shape index (κ3) is 3.69. The highest BCUT2D eigenvalue weighted by Crippen LogP contribution is 2.27. The molecule has 4 nitrogen and oxygen atoms in total. The molecule has 1 saturated heterocycles. The van der Waals surface area contributed by atoms with Crippen molar-refractivity contribution in [2.45, 2.75) is 0 Å². The van der Waals surface area contributed by atoms with E-state index in [1.54, 1.807) is 20.3 Å². The van der Waals surface area contributed by atoms with Gasteiger partial charge in [-0.1, -0.05) is 24.4 Å². The summed E-state index contributed by atoms with van der Waals surface area (Å²) >= 11 is 5.68. The molecule has 25 heavy (non-hydrogen) atoms. The van der Waals surface area contributed by atoms with Gasteiger partial charge < -0.3 is 19.3 Å². The molecule has 1 aliphatic rings. The normalized spacial score (nSPS) is 14.4. The van der Waals surface area contributed by atoms with Crippen LogP contribution >= 0.6 is 12.2 Å². The first-order chi connectivity index (χ1) is 12.1. The van der Waals surface area contributed by atoms with Gasteiger partial charge in [-0.2, -0.15) is 0 Å². The van der Waals surface area contributed by atoms with Crippen LogP contribution in [0, 0.1) is 5.82 Å². The molecule has 0 unspecified atom stereocenters. The lowest BCUT2D eigenvalue weighted by Crippen LogP contribution is -2.48. The molecule has 0 atom stereocenters. The van der Waals surface area contributed by atoms with Crippen LogP contribution in [-0.2, 0) is 0 Å². The van der Waals surface area contributed by atoms with Crippen molar-refractivity contribution in [3.8, 4) is 11.5 Å². The first-order valence-electron chi connectivity index (χ1n) is 8.15. The molecular weight excluding hydrogens is 339 g/mol. The van der Waals surface area contributed by atoms with E-state index < -0.39 is 0 Å². The van der Waals surface area contributed by atoms with E-state index >= 15 is 0 Å². The highest BCUT2D eigenvalue weighted by Gasteiger charge is 2.23. The Hall–Kier alpha value is -2.34. The van der Waals surface area contributed by atoms with E-state index in [-0.39, 0.29) is 5.82 Å². The number of halogens is 1. The van der Waals surface area contributed by atoms with Gasteiger partial charge in [0.2, 0.25) is 0 Å². The largest absolute Gasteiger partial charge is 0.497 e. The SMILES string of the molecule is COc1ccc(OC)c(C(=S)N2CCN(c3ccccc3F)CC2)c1. The fourth-order valence-corrected chi connectivity index (χ4v) is 3.35. The van der Waals surface area contributed by atoms with E-state index in [4.69, 9.17) is 21.7 Å². The molecule has 2 aromatic carbocycles. The van der Waals surface area contributed by atoms with E-state index in [0.29, 0.717) is 18.8 Å². The van der Waals surface area contributed by atoms with Gasteiger partial charge in [-0.15, -0.1) is 0 Å². The van der Waals surface area contributed by atoms with E-state index in [0.717, 1.165) is 35.1 Å². The zero-order chi connectivity index (χ0) is 17.8. The van der Waals surface area contributed by atoms with Gasteiger partial charge in [-0.05, 0) is 30.3 Å². The molecule has 6 heteroatoms. The quantitative estimate of drug-likeness (QED) is 0.779. The second-order valence-electron chi connectivity index (χ2n) is 5.80. The lowest BCUT2D eigenvalue weighted by molar-refractivity contribution is 0.382. The minimum Gasteiger partial charge on any atom is -0.497 e. The number of methoxy groups -OCH3 is 2. The number of rotatable bonds is 4. The van der Waals surface area contributed by atoms with Gasteiger partial charge in [-0.25, -0.2) is 4.39 Å². The summed E-state index contributed by atoms with van der Waals surface area (Å²) in [7, 11) is 3.26. The minimum atomic E-state index is -0.187. The monoisotopic (exact) mass is 360 g/mol. The first kappa shape index (κ1) is 17.5. The van der Waals surface area contributed by atoms with Crippen molar-refractivity contribution in [3.05, 3.63) is 53.8 Å². The minimum absolute atomic E-state index is 0.187. The van der Waals surface area contributed by atoms with Crippen LogP contribution in [0.2, 0.25) is 0 Å². The van der Waals surface area contributed by atoms with Gasteiger partial charge in [0, 0.05) is 26.2 Å². The standard InChI is InChI=1S/C19H21FN2O2S/c1-23-14-7-8-18(24-2)15(13-14)19(25)22-11-9-21(10-12-22)17-6-4-3-5-16(17)20/h3-8,13H,9-12H2,1-2H3. The van der Waals surface area contributed by atoms with Crippen LogP contribution < -0.4 is 14.4 Å². The average Bonchev–Trinajstić information content (AvgIpc) is 2.67. The smallest absolute Gasteiger partial charge is 0.146 e. The summed E-state index contributed by atoms with van der Waals surface area (Å²) < 4.78 is 24.7. The molecule has 0 amide bonds. The molecule has 3 rings (SSSR count). The predicted octanol–water partition coefficient (Wildman–Crippen LogP) is 3.34. The van der Waals surface area contributed by atoms with Gasteiger partial charge in [0.25, 0.3) is 0 Å². The molecule has 0 radical (unpaired) electrons. The Labute approximate surface area is 152 Å². The maximum absolute atomic E-state index is 14.0. The number of ether oxygens (including phenoxy) is 2. The number of nitrogens with zero attached hydrogens (tertiary/aromatic N) is 2. The Morgan fingerprint density at radius 2 is 1.72 bits per heavy atom. The number of hydrogen-bond acceptors (Lipinski definition) is 4. The van der Waals surface area contributed by atoms with Gasteiger partial charge in [0.1, 0.15) is 22.3 Å². The molecule has 0 aromatic heterocycles. The van der Waals surface area contributed by atoms with Crippen molar-refractivity contribution >= 4 is 22.9 Å². The summed E-state index contributed by atoms with van der Waals surface area (Å²) in [6.07, 6.45) is 0. The number of anilines is 1. The van der Waals surface area contributed by atoms with Gasteiger partial charge in [0.15, 0.2) is 0 Å². The highest BCUT2D eigenvalue weighted by atomic mass is 32.1. The molecular formula is C19H21FN2O2S. The van der Waals surface area contributed by atoms with Crippen LogP contribution in [0.4, 0.5) is 10.1 Å². The number of para-hydroxylation sites is 1. The number of piperazine rings is 1. The second-order valence-corrected chi connectivity index (χ2v) is 6.18. The Kier molecular flexibility index (Phi) is 5.38. The Morgan fingerprint density at radius 1 is 1.00 bits per heavy atom. The van der Waals surface area contributed by atoms with Crippen LogP contribution in [0.1, 0.15) is 5.56 Å². The van der Waals surface area contributed by atoms with Crippen LogP contribution in [-0.4, -0.2) is 50.3 Å². The van der Waals surface area contributed by atoms with Crippen molar-refractivity contribution in [2.75, 3.05) is 45.3 Å². The fraction of sp³-hybridized carbons (Fsp3) is 0.316.